The molecule has 40 heavy (non-hydrogen) atoms. The average Bonchev–Trinajstić information content (AvgIpc) is 2.97. The molecule has 1 atom stereocenters. The lowest BCUT2D eigenvalue weighted by Crippen LogP contribution is -2.40. The van der Waals surface area contributed by atoms with Crippen LogP contribution >= 0.6 is 0 Å². The van der Waals surface area contributed by atoms with Crippen LogP contribution in [0.5, 0.6) is 0 Å². The molecular weight excluding hydrogens is 517 g/mol. The van der Waals surface area contributed by atoms with Crippen molar-refractivity contribution in [2.24, 2.45) is 0 Å². The molecule has 0 radical (unpaired) electrons. The van der Waals surface area contributed by atoms with Crippen molar-refractivity contribution in [1.29, 1.82) is 0 Å². The van der Waals surface area contributed by atoms with Crippen LogP contribution in [-0.4, -0.2) is 47.2 Å². The molecule has 2 aliphatic rings. The summed E-state index contributed by atoms with van der Waals surface area (Å²) < 4.78 is 40.8. The maximum atomic E-state index is 13.6. The lowest BCUT2D eigenvalue weighted by atomic mass is 9.86. The molecule has 0 aliphatic carbocycles. The van der Waals surface area contributed by atoms with E-state index in [1.54, 1.807) is 12.1 Å². The number of anilines is 2. The zero-order chi connectivity index (χ0) is 27.7. The predicted molar refractivity (Wildman–Crippen MR) is 151 cm³/mol. The summed E-state index contributed by atoms with van der Waals surface area (Å²) >= 11 is 0. The molecule has 3 N–H and O–H groups in total. The molecule has 0 unspecified atom stereocenters. The Balaban J connectivity index is 1.30. The van der Waals surface area contributed by atoms with Gasteiger partial charge >= 0.3 is 6.18 Å². The van der Waals surface area contributed by atoms with Gasteiger partial charge < -0.3 is 15.5 Å². The minimum Gasteiger partial charge on any atom is -0.365 e. The molecule has 2 fully saturated rings. The van der Waals surface area contributed by atoms with Crippen LogP contribution < -0.4 is 21.1 Å². The number of rotatable bonds is 5. The Morgan fingerprint density at radius 1 is 0.925 bits per heavy atom. The molecule has 4 aromatic rings. The highest BCUT2D eigenvalue weighted by Gasteiger charge is 2.36. The highest BCUT2D eigenvalue weighted by atomic mass is 19.4. The van der Waals surface area contributed by atoms with Gasteiger partial charge in [0.2, 0.25) is 5.95 Å². The maximum absolute atomic E-state index is 13.6. The third-order valence-corrected chi connectivity index (χ3v) is 7.90. The summed E-state index contributed by atoms with van der Waals surface area (Å²) in [7, 11) is 0. The summed E-state index contributed by atoms with van der Waals surface area (Å²) in [5.74, 6) is 0.677. The number of aromatic nitrogens is 3. The van der Waals surface area contributed by atoms with E-state index in [9.17, 15) is 18.0 Å². The number of fused-ring (bicyclic) bond motifs is 1. The number of benzene rings is 2. The van der Waals surface area contributed by atoms with E-state index in [1.165, 1.54) is 6.07 Å². The van der Waals surface area contributed by atoms with Crippen molar-refractivity contribution in [3.63, 3.8) is 0 Å². The van der Waals surface area contributed by atoms with Gasteiger partial charge in [0, 0.05) is 31.1 Å². The molecule has 2 aromatic carbocycles. The Hall–Kier alpha value is -3.92. The monoisotopic (exact) mass is 548 g/mol. The first-order valence-corrected chi connectivity index (χ1v) is 13.8. The molecule has 2 aliphatic heterocycles. The first-order chi connectivity index (χ1) is 19.4. The van der Waals surface area contributed by atoms with Gasteiger partial charge in [-0.05, 0) is 61.9 Å². The summed E-state index contributed by atoms with van der Waals surface area (Å²) in [6.45, 7) is 2.69. The highest BCUT2D eigenvalue weighted by Crippen LogP contribution is 2.39. The van der Waals surface area contributed by atoms with Gasteiger partial charge in [0.05, 0.1) is 16.8 Å². The standard InChI is InChI=1S/C30H31F3N6O/c31-30(32,33)23-9-3-2-8-22(23)19-13-16-39(17-14-19)29-37-27(35-21-7-5-15-34-18-21)26(28(40)38-29)25-12-11-20-6-1-4-10-24(20)36-25/h1-4,6,8-12,19,21,34H,5,7,13-18H2,(H2,35,37,38,40)/t21-/m1/s1. The van der Waals surface area contributed by atoms with Gasteiger partial charge in [-0.3, -0.25) is 9.78 Å². The molecule has 6 rings (SSSR count). The van der Waals surface area contributed by atoms with Gasteiger partial charge in [-0.1, -0.05) is 42.5 Å². The Bertz CT molecular complexity index is 1560. The van der Waals surface area contributed by atoms with E-state index in [2.05, 4.69) is 15.6 Å². The zero-order valence-electron chi connectivity index (χ0n) is 22.0. The van der Waals surface area contributed by atoms with Crippen LogP contribution in [-0.2, 0) is 6.18 Å². The summed E-state index contributed by atoms with van der Waals surface area (Å²) in [5, 5.41) is 7.85. The largest absolute Gasteiger partial charge is 0.416 e. The number of nitrogens with one attached hydrogen (secondary N) is 3. The number of hydrogen-bond acceptors (Lipinski definition) is 6. The van der Waals surface area contributed by atoms with E-state index in [-0.39, 0.29) is 17.5 Å². The van der Waals surface area contributed by atoms with Gasteiger partial charge in [0.1, 0.15) is 11.4 Å². The molecule has 2 aromatic heterocycles. The summed E-state index contributed by atoms with van der Waals surface area (Å²) in [6, 6.07) is 17.5. The molecule has 0 spiro atoms. The minimum atomic E-state index is -4.39. The zero-order valence-corrected chi connectivity index (χ0v) is 22.0. The number of aromatic amines is 1. The van der Waals surface area contributed by atoms with Crippen LogP contribution in [0.2, 0.25) is 0 Å². The number of hydrogen-bond donors (Lipinski definition) is 3. The molecule has 4 heterocycles. The number of alkyl halides is 3. The van der Waals surface area contributed by atoms with Crippen LogP contribution in [0.4, 0.5) is 24.9 Å². The van der Waals surface area contributed by atoms with E-state index in [1.807, 2.05) is 41.3 Å². The van der Waals surface area contributed by atoms with Crippen LogP contribution in [0.15, 0.2) is 65.5 Å². The number of para-hydroxylation sites is 1. The van der Waals surface area contributed by atoms with Crippen molar-refractivity contribution in [2.45, 2.75) is 43.8 Å². The van der Waals surface area contributed by atoms with Gasteiger partial charge in [-0.2, -0.15) is 18.2 Å². The van der Waals surface area contributed by atoms with E-state index in [0.29, 0.717) is 54.5 Å². The molecule has 0 saturated carbocycles. The summed E-state index contributed by atoms with van der Waals surface area (Å²) in [4.78, 5) is 28.1. The van der Waals surface area contributed by atoms with Crippen LogP contribution in [0, 0.1) is 0 Å². The van der Waals surface area contributed by atoms with Crippen LogP contribution in [0.25, 0.3) is 22.2 Å². The van der Waals surface area contributed by atoms with E-state index >= 15 is 0 Å². The fraction of sp³-hybridized carbons (Fsp3) is 0.367. The lowest BCUT2D eigenvalue weighted by molar-refractivity contribution is -0.138. The number of piperidine rings is 2. The lowest BCUT2D eigenvalue weighted by Gasteiger charge is -2.34. The van der Waals surface area contributed by atoms with Crippen molar-refractivity contribution in [2.75, 3.05) is 36.4 Å². The fourth-order valence-electron chi connectivity index (χ4n) is 5.84. The predicted octanol–water partition coefficient (Wildman–Crippen LogP) is 5.55. The summed E-state index contributed by atoms with van der Waals surface area (Å²) in [5.41, 5.74) is 1.17. The third-order valence-electron chi connectivity index (χ3n) is 7.90. The van der Waals surface area contributed by atoms with Gasteiger partial charge in [0.25, 0.3) is 5.56 Å². The minimum absolute atomic E-state index is 0.111. The normalized spacial score (nSPS) is 18.7. The molecule has 0 bridgehead atoms. The van der Waals surface area contributed by atoms with E-state index in [0.717, 1.165) is 42.9 Å². The number of pyridine rings is 1. The average molecular weight is 549 g/mol. The first-order valence-electron chi connectivity index (χ1n) is 13.8. The molecule has 10 heteroatoms. The Kier molecular flexibility index (Phi) is 7.18. The second kappa shape index (κ2) is 10.9. The van der Waals surface area contributed by atoms with Gasteiger partial charge in [0.15, 0.2) is 0 Å². The molecule has 0 amide bonds. The van der Waals surface area contributed by atoms with Gasteiger partial charge in [-0.15, -0.1) is 0 Å². The Morgan fingerprint density at radius 3 is 2.48 bits per heavy atom. The van der Waals surface area contributed by atoms with E-state index in [4.69, 9.17) is 9.97 Å². The number of halogens is 3. The molecule has 7 nitrogen and oxygen atoms in total. The summed E-state index contributed by atoms with van der Waals surface area (Å²) in [6.07, 6.45) is -1.36. The third kappa shape index (κ3) is 5.40. The maximum Gasteiger partial charge on any atom is 0.416 e. The Labute approximate surface area is 229 Å². The molecule has 2 saturated heterocycles. The van der Waals surface area contributed by atoms with Gasteiger partial charge in [-0.25, -0.2) is 4.98 Å². The van der Waals surface area contributed by atoms with Crippen molar-refractivity contribution in [1.82, 2.24) is 20.3 Å². The van der Waals surface area contributed by atoms with Crippen molar-refractivity contribution >= 4 is 22.7 Å². The van der Waals surface area contributed by atoms with Crippen molar-refractivity contribution in [3.8, 4) is 11.3 Å². The smallest absolute Gasteiger partial charge is 0.365 e. The topological polar surface area (TPSA) is 85.9 Å². The fourth-order valence-corrected chi connectivity index (χ4v) is 5.84. The molecule has 208 valence electrons. The number of H-pyrrole nitrogens is 1. The first kappa shape index (κ1) is 26.3. The van der Waals surface area contributed by atoms with E-state index < -0.39 is 11.7 Å². The van der Waals surface area contributed by atoms with Crippen LogP contribution in [0.3, 0.4) is 0 Å². The van der Waals surface area contributed by atoms with Crippen molar-refractivity contribution < 1.29 is 13.2 Å². The molecular formula is C30H31F3N6O. The Morgan fingerprint density at radius 2 is 1.70 bits per heavy atom. The van der Waals surface area contributed by atoms with Crippen LogP contribution in [0.1, 0.15) is 42.7 Å². The SMILES string of the molecule is O=c1[nH]c(N2CCC(c3ccccc3C(F)(F)F)CC2)nc(N[C@@H]2CCCNC2)c1-c1ccc2ccccc2n1. The highest BCUT2D eigenvalue weighted by molar-refractivity contribution is 5.83. The quantitative estimate of drug-likeness (QED) is 0.303. The second-order valence-corrected chi connectivity index (χ2v) is 10.5. The number of nitrogens with zero attached hydrogens (tertiary/aromatic N) is 3. The second-order valence-electron chi connectivity index (χ2n) is 10.5. The van der Waals surface area contributed by atoms with Crippen molar-refractivity contribution in [3.05, 3.63) is 82.1 Å².